The number of benzene rings is 1. The molecule has 22 heavy (non-hydrogen) atoms. The molecule has 1 fully saturated rings. The molecule has 4 heteroatoms. The molecule has 4 nitrogen and oxygen atoms in total. The molecule has 1 atom stereocenters. The Kier molecular flexibility index (Phi) is 4.27. The molecule has 0 radical (unpaired) electrons. The van der Waals surface area contributed by atoms with Crippen LogP contribution in [0, 0.1) is 6.92 Å². The van der Waals surface area contributed by atoms with E-state index in [1.54, 1.807) is 6.07 Å². The summed E-state index contributed by atoms with van der Waals surface area (Å²) in [5.41, 5.74) is 2.87. The van der Waals surface area contributed by atoms with Crippen molar-refractivity contribution in [1.82, 2.24) is 10.1 Å². The predicted octanol–water partition coefficient (Wildman–Crippen LogP) is 3.91. The molecular formula is C18H22N2O2. The van der Waals surface area contributed by atoms with Crippen molar-refractivity contribution in [3.8, 4) is 0 Å². The number of hydrogen-bond donors (Lipinski definition) is 0. The van der Waals surface area contributed by atoms with Crippen LogP contribution in [0.15, 0.2) is 34.9 Å². The number of hydrogen-bond acceptors (Lipinski definition) is 3. The van der Waals surface area contributed by atoms with E-state index in [9.17, 15) is 4.79 Å². The van der Waals surface area contributed by atoms with E-state index in [0.717, 1.165) is 38.0 Å². The molecule has 0 aliphatic carbocycles. The number of nitrogens with zero attached hydrogens (tertiary/aromatic N) is 2. The molecule has 2 heterocycles. The highest BCUT2D eigenvalue weighted by atomic mass is 16.5. The maximum Gasteiger partial charge on any atom is 0.276 e. The number of amides is 1. The predicted molar refractivity (Wildman–Crippen MR) is 84.7 cm³/mol. The Labute approximate surface area is 131 Å². The first kappa shape index (κ1) is 14.8. The third-order valence-electron chi connectivity index (χ3n) is 4.25. The maximum absolute atomic E-state index is 12.7. The normalized spacial score (nSPS) is 17.9. The van der Waals surface area contributed by atoms with Crippen LogP contribution in [0.3, 0.4) is 0 Å². The van der Waals surface area contributed by atoms with Gasteiger partial charge in [0.2, 0.25) is 0 Å². The lowest BCUT2D eigenvalue weighted by molar-refractivity contribution is 0.0725. The van der Waals surface area contributed by atoms with E-state index < -0.39 is 0 Å². The van der Waals surface area contributed by atoms with Crippen molar-refractivity contribution in [2.75, 3.05) is 6.54 Å². The van der Waals surface area contributed by atoms with Crippen molar-refractivity contribution in [1.29, 1.82) is 0 Å². The fraction of sp³-hybridized carbons (Fsp3) is 0.444. The van der Waals surface area contributed by atoms with Crippen LogP contribution < -0.4 is 0 Å². The number of likely N-dealkylation sites (tertiary alicyclic amines) is 1. The van der Waals surface area contributed by atoms with Gasteiger partial charge in [0, 0.05) is 19.0 Å². The Morgan fingerprint density at radius 1 is 1.36 bits per heavy atom. The fourth-order valence-corrected chi connectivity index (χ4v) is 3.07. The largest absolute Gasteiger partial charge is 0.361 e. The molecule has 1 saturated heterocycles. The second-order valence-electron chi connectivity index (χ2n) is 6.00. The molecule has 0 N–H and O–H groups in total. The van der Waals surface area contributed by atoms with Crippen LogP contribution in [-0.2, 0) is 6.42 Å². The van der Waals surface area contributed by atoms with Crippen LogP contribution >= 0.6 is 0 Å². The van der Waals surface area contributed by atoms with Gasteiger partial charge in [0.25, 0.3) is 5.91 Å². The number of rotatable bonds is 4. The molecule has 2 aromatic rings. The Hall–Kier alpha value is -2.10. The monoisotopic (exact) mass is 298 g/mol. The SMILES string of the molecule is CCCc1cc(C(=O)N2CCC[C@@H]2c2ccc(C)cc2)no1. The van der Waals surface area contributed by atoms with Crippen molar-refractivity contribution < 1.29 is 9.32 Å². The van der Waals surface area contributed by atoms with Gasteiger partial charge in [0.05, 0.1) is 6.04 Å². The Morgan fingerprint density at radius 2 is 2.14 bits per heavy atom. The molecule has 1 amide bonds. The maximum atomic E-state index is 12.7. The van der Waals surface area contributed by atoms with Crippen molar-refractivity contribution in [3.63, 3.8) is 0 Å². The van der Waals surface area contributed by atoms with Gasteiger partial charge in [-0.3, -0.25) is 4.79 Å². The van der Waals surface area contributed by atoms with E-state index in [0.29, 0.717) is 5.69 Å². The van der Waals surface area contributed by atoms with E-state index in [-0.39, 0.29) is 11.9 Å². The van der Waals surface area contributed by atoms with Crippen molar-refractivity contribution in [2.24, 2.45) is 0 Å². The summed E-state index contributed by atoms with van der Waals surface area (Å²) in [4.78, 5) is 14.6. The highest BCUT2D eigenvalue weighted by molar-refractivity contribution is 5.92. The summed E-state index contributed by atoms with van der Waals surface area (Å²) in [5.74, 6) is 0.770. The number of aromatic nitrogens is 1. The minimum Gasteiger partial charge on any atom is -0.361 e. The van der Waals surface area contributed by atoms with Crippen molar-refractivity contribution in [3.05, 3.63) is 52.9 Å². The molecule has 0 unspecified atom stereocenters. The quantitative estimate of drug-likeness (QED) is 0.859. The van der Waals surface area contributed by atoms with E-state index in [4.69, 9.17) is 4.52 Å². The van der Waals surface area contributed by atoms with Gasteiger partial charge in [-0.15, -0.1) is 0 Å². The third kappa shape index (κ3) is 2.91. The van der Waals surface area contributed by atoms with E-state index in [2.05, 4.69) is 43.3 Å². The fourth-order valence-electron chi connectivity index (χ4n) is 3.07. The van der Waals surface area contributed by atoms with E-state index in [1.165, 1.54) is 11.1 Å². The van der Waals surface area contributed by atoms with Gasteiger partial charge in [0.1, 0.15) is 5.76 Å². The first-order valence-electron chi connectivity index (χ1n) is 8.02. The summed E-state index contributed by atoms with van der Waals surface area (Å²) in [7, 11) is 0. The summed E-state index contributed by atoms with van der Waals surface area (Å²) >= 11 is 0. The molecule has 0 bridgehead atoms. The van der Waals surface area contributed by atoms with Crippen LogP contribution in [0.4, 0.5) is 0 Å². The molecule has 3 rings (SSSR count). The summed E-state index contributed by atoms with van der Waals surface area (Å²) in [5, 5.41) is 3.96. The Morgan fingerprint density at radius 3 is 2.86 bits per heavy atom. The molecule has 1 aromatic heterocycles. The lowest BCUT2D eigenvalue weighted by atomic mass is 10.0. The van der Waals surface area contributed by atoms with Crippen LogP contribution in [-0.4, -0.2) is 22.5 Å². The number of aryl methyl sites for hydroxylation is 2. The molecule has 0 spiro atoms. The van der Waals surface area contributed by atoms with Gasteiger partial charge in [-0.1, -0.05) is 41.9 Å². The average molecular weight is 298 g/mol. The second kappa shape index (κ2) is 6.34. The highest BCUT2D eigenvalue weighted by Crippen LogP contribution is 2.33. The van der Waals surface area contributed by atoms with Crippen LogP contribution in [0.5, 0.6) is 0 Å². The van der Waals surface area contributed by atoms with Gasteiger partial charge in [-0.05, 0) is 31.7 Å². The zero-order valence-corrected chi connectivity index (χ0v) is 13.2. The van der Waals surface area contributed by atoms with Crippen LogP contribution in [0.25, 0.3) is 0 Å². The zero-order valence-electron chi connectivity index (χ0n) is 13.2. The highest BCUT2D eigenvalue weighted by Gasteiger charge is 2.32. The van der Waals surface area contributed by atoms with Gasteiger partial charge >= 0.3 is 0 Å². The van der Waals surface area contributed by atoms with Gasteiger partial charge in [-0.2, -0.15) is 0 Å². The molecule has 1 aromatic carbocycles. The molecular weight excluding hydrogens is 276 g/mol. The minimum absolute atomic E-state index is 0.0193. The molecule has 116 valence electrons. The third-order valence-corrected chi connectivity index (χ3v) is 4.25. The minimum atomic E-state index is -0.0193. The van der Waals surface area contributed by atoms with Crippen molar-refractivity contribution >= 4 is 5.91 Å². The van der Waals surface area contributed by atoms with Crippen molar-refractivity contribution in [2.45, 2.75) is 45.6 Å². The number of carbonyl (C=O) groups is 1. The Balaban J connectivity index is 1.79. The van der Waals surface area contributed by atoms with Gasteiger partial charge in [0.15, 0.2) is 5.69 Å². The van der Waals surface area contributed by atoms with Gasteiger partial charge < -0.3 is 9.42 Å². The summed E-state index contributed by atoms with van der Waals surface area (Å²) in [6, 6.07) is 10.4. The average Bonchev–Trinajstić information content (AvgIpc) is 3.17. The summed E-state index contributed by atoms with van der Waals surface area (Å²) < 4.78 is 5.24. The standard InChI is InChI=1S/C18H22N2O2/c1-3-5-15-12-16(19-22-15)18(21)20-11-4-6-17(20)14-9-7-13(2)8-10-14/h7-10,12,17H,3-6,11H2,1-2H3/t17-/m1/s1. The topological polar surface area (TPSA) is 46.3 Å². The molecule has 0 saturated carbocycles. The second-order valence-corrected chi connectivity index (χ2v) is 6.00. The molecule has 1 aliphatic rings. The lowest BCUT2D eigenvalue weighted by Gasteiger charge is -2.24. The van der Waals surface area contributed by atoms with Crippen LogP contribution in [0.2, 0.25) is 0 Å². The Bertz CT molecular complexity index is 645. The zero-order chi connectivity index (χ0) is 15.5. The summed E-state index contributed by atoms with van der Waals surface area (Å²) in [6.45, 7) is 4.94. The first-order chi connectivity index (χ1) is 10.7. The van der Waals surface area contributed by atoms with E-state index >= 15 is 0 Å². The first-order valence-corrected chi connectivity index (χ1v) is 8.02. The molecule has 1 aliphatic heterocycles. The lowest BCUT2D eigenvalue weighted by Crippen LogP contribution is -2.30. The van der Waals surface area contributed by atoms with Crippen LogP contribution in [0.1, 0.15) is 59.6 Å². The van der Waals surface area contributed by atoms with Gasteiger partial charge in [-0.25, -0.2) is 0 Å². The smallest absolute Gasteiger partial charge is 0.276 e. The number of carbonyl (C=O) groups excluding carboxylic acids is 1. The van der Waals surface area contributed by atoms with E-state index in [1.807, 2.05) is 4.90 Å². The summed E-state index contributed by atoms with van der Waals surface area (Å²) in [6.07, 6.45) is 3.85.